The van der Waals surface area contributed by atoms with Crippen molar-refractivity contribution in [2.75, 3.05) is 6.61 Å². The number of aliphatic hydroxyl groups is 6. The van der Waals surface area contributed by atoms with Crippen LogP contribution in [0.3, 0.4) is 0 Å². The average Bonchev–Trinajstić information content (AvgIpc) is 3.41. The van der Waals surface area contributed by atoms with Crippen LogP contribution in [0.4, 0.5) is 0 Å². The SMILES string of the molecule is CC(/C=C\c1cccs1)/C(=C\c1cccs1)C(O)[C@@H](O)[C@@H](O)[C@H](O)[C@@H](O)CO. The molecule has 0 fully saturated rings. The van der Waals surface area contributed by atoms with E-state index in [1.807, 2.05) is 54.1 Å². The molecule has 2 aromatic heterocycles. The van der Waals surface area contributed by atoms with Crippen molar-refractivity contribution in [1.29, 1.82) is 0 Å². The molecule has 0 saturated heterocycles. The first-order chi connectivity index (χ1) is 13.3. The minimum Gasteiger partial charge on any atom is -0.394 e. The van der Waals surface area contributed by atoms with Crippen LogP contribution >= 0.6 is 22.7 Å². The highest BCUT2D eigenvalue weighted by Crippen LogP contribution is 2.27. The van der Waals surface area contributed by atoms with Crippen LogP contribution in [0.25, 0.3) is 12.2 Å². The molecule has 8 heteroatoms. The van der Waals surface area contributed by atoms with Gasteiger partial charge in [0.15, 0.2) is 0 Å². The molecule has 6 atom stereocenters. The Morgan fingerprint density at radius 1 is 0.929 bits per heavy atom. The van der Waals surface area contributed by atoms with E-state index in [2.05, 4.69) is 0 Å². The Morgan fingerprint density at radius 2 is 1.54 bits per heavy atom. The summed E-state index contributed by atoms with van der Waals surface area (Å²) < 4.78 is 0. The molecule has 2 aromatic rings. The van der Waals surface area contributed by atoms with Crippen LogP contribution in [0.2, 0.25) is 0 Å². The molecule has 0 aliphatic carbocycles. The van der Waals surface area contributed by atoms with E-state index in [-0.39, 0.29) is 5.92 Å². The molecular formula is C20H26O6S2. The first kappa shape index (κ1) is 22.9. The van der Waals surface area contributed by atoms with E-state index in [0.717, 1.165) is 9.75 Å². The second kappa shape index (κ2) is 11.0. The van der Waals surface area contributed by atoms with Gasteiger partial charge in [-0.1, -0.05) is 25.1 Å². The van der Waals surface area contributed by atoms with Gasteiger partial charge in [-0.2, -0.15) is 0 Å². The Kier molecular flexibility index (Phi) is 9.00. The van der Waals surface area contributed by atoms with E-state index in [9.17, 15) is 25.5 Å². The van der Waals surface area contributed by atoms with Crippen LogP contribution in [0.1, 0.15) is 16.7 Å². The molecule has 0 aliphatic rings. The molecule has 2 heterocycles. The van der Waals surface area contributed by atoms with Gasteiger partial charge >= 0.3 is 0 Å². The molecule has 2 unspecified atom stereocenters. The summed E-state index contributed by atoms with van der Waals surface area (Å²) in [5.41, 5.74) is 0.451. The minimum absolute atomic E-state index is 0.277. The van der Waals surface area contributed by atoms with Crippen LogP contribution in [0.5, 0.6) is 0 Å². The normalized spacial score (nSPS) is 19.3. The van der Waals surface area contributed by atoms with Crippen LogP contribution in [-0.4, -0.2) is 67.8 Å². The van der Waals surface area contributed by atoms with Crippen molar-refractivity contribution >= 4 is 34.8 Å². The lowest BCUT2D eigenvalue weighted by molar-refractivity contribution is -0.135. The Hall–Kier alpha value is -1.36. The molecule has 28 heavy (non-hydrogen) atoms. The Labute approximate surface area is 172 Å². The number of hydrogen-bond acceptors (Lipinski definition) is 8. The van der Waals surface area contributed by atoms with Crippen LogP contribution in [0.15, 0.2) is 46.7 Å². The van der Waals surface area contributed by atoms with E-state index < -0.39 is 37.1 Å². The Morgan fingerprint density at radius 3 is 2.07 bits per heavy atom. The maximum atomic E-state index is 10.7. The molecule has 0 aromatic carbocycles. The van der Waals surface area contributed by atoms with Crippen LogP contribution in [0, 0.1) is 5.92 Å². The van der Waals surface area contributed by atoms with E-state index >= 15 is 0 Å². The summed E-state index contributed by atoms with van der Waals surface area (Å²) in [5, 5.41) is 63.3. The van der Waals surface area contributed by atoms with Crippen LogP contribution in [-0.2, 0) is 0 Å². The monoisotopic (exact) mass is 426 g/mol. The molecule has 0 bridgehead atoms. The number of thiophene rings is 2. The standard InChI is InChI=1S/C20H26O6S2/c1-12(6-7-13-4-2-8-27-13)15(10-14-5-3-9-28-14)17(23)19(25)20(26)18(24)16(22)11-21/h2-10,12,16-26H,11H2,1H3/b7-6-,15-10+/t12?,16-,17?,18+,19+,20-/m0/s1. The first-order valence-electron chi connectivity index (χ1n) is 8.83. The van der Waals surface area contributed by atoms with Gasteiger partial charge in [0.1, 0.15) is 30.5 Å². The molecule has 6 N–H and O–H groups in total. The number of hydrogen-bond donors (Lipinski definition) is 6. The second-order valence-corrected chi connectivity index (χ2v) is 8.45. The van der Waals surface area contributed by atoms with Crippen molar-refractivity contribution in [1.82, 2.24) is 0 Å². The fourth-order valence-electron chi connectivity index (χ4n) is 2.68. The van der Waals surface area contributed by atoms with Crippen molar-refractivity contribution in [3.63, 3.8) is 0 Å². The molecule has 2 rings (SSSR count). The molecule has 0 aliphatic heterocycles. The third kappa shape index (κ3) is 6.07. The van der Waals surface area contributed by atoms with Gasteiger partial charge in [0, 0.05) is 9.75 Å². The molecule has 0 radical (unpaired) electrons. The fraction of sp³-hybridized carbons (Fsp3) is 0.400. The lowest BCUT2D eigenvalue weighted by Gasteiger charge is -2.31. The molecular weight excluding hydrogens is 400 g/mol. The predicted octanol–water partition coefficient (Wildman–Crippen LogP) is 1.34. The summed E-state index contributed by atoms with van der Waals surface area (Å²) in [7, 11) is 0. The summed E-state index contributed by atoms with van der Waals surface area (Å²) in [6.07, 6.45) is -2.96. The van der Waals surface area contributed by atoms with Crippen molar-refractivity contribution in [2.45, 2.75) is 37.4 Å². The Bertz CT molecular complexity index is 741. The van der Waals surface area contributed by atoms with Crippen molar-refractivity contribution < 1.29 is 30.6 Å². The highest BCUT2D eigenvalue weighted by Gasteiger charge is 2.36. The van der Waals surface area contributed by atoms with Crippen LogP contribution < -0.4 is 0 Å². The lowest BCUT2D eigenvalue weighted by atomic mass is 9.88. The van der Waals surface area contributed by atoms with E-state index in [4.69, 9.17) is 5.11 Å². The average molecular weight is 427 g/mol. The number of rotatable bonds is 10. The minimum atomic E-state index is -1.84. The zero-order valence-electron chi connectivity index (χ0n) is 15.4. The Balaban J connectivity index is 2.25. The van der Waals surface area contributed by atoms with Crippen molar-refractivity contribution in [2.24, 2.45) is 5.92 Å². The van der Waals surface area contributed by atoms with E-state index in [0.29, 0.717) is 5.57 Å². The van der Waals surface area contributed by atoms with Crippen molar-refractivity contribution in [3.8, 4) is 0 Å². The highest BCUT2D eigenvalue weighted by molar-refractivity contribution is 7.11. The van der Waals surface area contributed by atoms with Gasteiger partial charge in [-0.3, -0.25) is 0 Å². The summed E-state index contributed by atoms with van der Waals surface area (Å²) in [4.78, 5) is 1.90. The van der Waals surface area contributed by atoms with E-state index in [1.54, 1.807) is 17.4 Å². The van der Waals surface area contributed by atoms with Gasteiger partial charge in [-0.15, -0.1) is 22.7 Å². The zero-order valence-corrected chi connectivity index (χ0v) is 17.0. The lowest BCUT2D eigenvalue weighted by Crippen LogP contribution is -2.50. The van der Waals surface area contributed by atoms with Gasteiger partial charge in [0.05, 0.1) is 6.61 Å². The highest BCUT2D eigenvalue weighted by atomic mass is 32.1. The van der Waals surface area contributed by atoms with Gasteiger partial charge < -0.3 is 30.6 Å². The molecule has 0 amide bonds. The maximum Gasteiger partial charge on any atom is 0.112 e. The predicted molar refractivity (Wildman–Crippen MR) is 112 cm³/mol. The number of allylic oxidation sites excluding steroid dienone is 1. The van der Waals surface area contributed by atoms with Gasteiger partial charge in [0.2, 0.25) is 0 Å². The third-order valence-electron chi connectivity index (χ3n) is 4.42. The maximum absolute atomic E-state index is 10.7. The first-order valence-corrected chi connectivity index (χ1v) is 10.6. The second-order valence-electron chi connectivity index (χ2n) is 6.49. The summed E-state index contributed by atoms with van der Waals surface area (Å²) in [6, 6.07) is 7.61. The fourth-order valence-corrected chi connectivity index (χ4v) is 3.99. The van der Waals surface area contributed by atoms with E-state index in [1.165, 1.54) is 11.3 Å². The molecule has 0 saturated carbocycles. The smallest absolute Gasteiger partial charge is 0.112 e. The summed E-state index contributed by atoms with van der Waals surface area (Å²) >= 11 is 3.03. The molecule has 154 valence electrons. The van der Waals surface area contributed by atoms with Crippen molar-refractivity contribution in [3.05, 3.63) is 56.4 Å². The van der Waals surface area contributed by atoms with Gasteiger partial charge in [0.25, 0.3) is 0 Å². The van der Waals surface area contributed by atoms with Gasteiger partial charge in [-0.05, 0) is 46.5 Å². The third-order valence-corrected chi connectivity index (χ3v) is 6.07. The number of aliphatic hydroxyl groups excluding tert-OH is 6. The molecule has 0 spiro atoms. The largest absolute Gasteiger partial charge is 0.394 e. The molecule has 6 nitrogen and oxygen atoms in total. The van der Waals surface area contributed by atoms with Gasteiger partial charge in [-0.25, -0.2) is 0 Å². The quantitative estimate of drug-likeness (QED) is 0.341. The zero-order chi connectivity index (χ0) is 20.7. The summed E-state index contributed by atoms with van der Waals surface area (Å²) in [5.74, 6) is -0.277. The summed E-state index contributed by atoms with van der Waals surface area (Å²) in [6.45, 7) is 1.07. The topological polar surface area (TPSA) is 121 Å².